The van der Waals surface area contributed by atoms with Crippen molar-refractivity contribution in [2.45, 2.75) is 25.8 Å². The fraction of sp³-hybridized carbons (Fsp3) is 0.455. The minimum Gasteiger partial charge on any atom is -0.481 e. The molecule has 1 heterocycles. The molecule has 0 saturated heterocycles. The van der Waals surface area contributed by atoms with Gasteiger partial charge in [0.15, 0.2) is 0 Å². The number of rotatable bonds is 6. The second-order valence-electron chi connectivity index (χ2n) is 4.00. The summed E-state index contributed by atoms with van der Waals surface area (Å²) >= 11 is 0. The van der Waals surface area contributed by atoms with E-state index < -0.39 is 17.9 Å². The molecule has 0 aliphatic rings. The van der Waals surface area contributed by atoms with E-state index in [1.165, 1.54) is 0 Å². The molecule has 8 nitrogen and oxygen atoms in total. The summed E-state index contributed by atoms with van der Waals surface area (Å²) in [7, 11) is 1.76. The van der Waals surface area contributed by atoms with E-state index in [9.17, 15) is 14.4 Å². The van der Waals surface area contributed by atoms with E-state index in [-0.39, 0.29) is 25.8 Å². The zero-order valence-electron chi connectivity index (χ0n) is 10.5. The Labute approximate surface area is 109 Å². The maximum Gasteiger partial charge on any atom is 0.321 e. The van der Waals surface area contributed by atoms with Crippen LogP contribution in [0.2, 0.25) is 0 Å². The summed E-state index contributed by atoms with van der Waals surface area (Å²) in [6.45, 7) is 0.266. The number of aryl methyl sites for hydroxylation is 1. The van der Waals surface area contributed by atoms with Gasteiger partial charge < -0.3 is 10.4 Å². The first kappa shape index (κ1) is 14.7. The summed E-state index contributed by atoms with van der Waals surface area (Å²) in [5.41, 5.74) is 0.816. The average Bonchev–Trinajstić information content (AvgIpc) is 2.72. The first-order chi connectivity index (χ1) is 8.97. The molecule has 0 bridgehead atoms. The molecule has 1 aromatic heterocycles. The van der Waals surface area contributed by atoms with E-state index in [0.29, 0.717) is 0 Å². The number of imide groups is 1. The first-order valence-corrected chi connectivity index (χ1v) is 5.74. The van der Waals surface area contributed by atoms with Gasteiger partial charge >= 0.3 is 12.0 Å². The number of aromatic nitrogens is 2. The molecule has 1 rings (SSSR count). The van der Waals surface area contributed by atoms with E-state index in [2.05, 4.69) is 15.7 Å². The Hall–Kier alpha value is -2.38. The molecule has 0 aromatic carbocycles. The molecular weight excluding hydrogens is 252 g/mol. The van der Waals surface area contributed by atoms with Crippen molar-refractivity contribution in [2.75, 3.05) is 0 Å². The van der Waals surface area contributed by atoms with Crippen LogP contribution in [0, 0.1) is 0 Å². The number of urea groups is 1. The monoisotopic (exact) mass is 268 g/mol. The van der Waals surface area contributed by atoms with Crippen LogP contribution in [-0.2, 0) is 23.2 Å². The van der Waals surface area contributed by atoms with E-state index in [1.54, 1.807) is 24.1 Å². The van der Waals surface area contributed by atoms with Crippen LogP contribution < -0.4 is 10.6 Å². The second kappa shape index (κ2) is 7.14. The van der Waals surface area contributed by atoms with Crippen molar-refractivity contribution in [1.82, 2.24) is 20.4 Å². The molecule has 3 amide bonds. The summed E-state index contributed by atoms with van der Waals surface area (Å²) in [6, 6.07) is -0.607. The van der Waals surface area contributed by atoms with E-state index in [0.717, 1.165) is 5.56 Å². The van der Waals surface area contributed by atoms with Gasteiger partial charge in [0.2, 0.25) is 5.91 Å². The number of hydrogen-bond acceptors (Lipinski definition) is 4. The van der Waals surface area contributed by atoms with Crippen LogP contribution in [0.25, 0.3) is 0 Å². The highest BCUT2D eigenvalue weighted by Gasteiger charge is 2.08. The number of amides is 3. The number of nitrogens with one attached hydrogen (secondary N) is 2. The topological polar surface area (TPSA) is 113 Å². The van der Waals surface area contributed by atoms with E-state index >= 15 is 0 Å². The lowest BCUT2D eigenvalue weighted by atomic mass is 10.2. The number of carbonyl (C=O) groups is 3. The summed E-state index contributed by atoms with van der Waals surface area (Å²) < 4.78 is 1.60. The lowest BCUT2D eigenvalue weighted by Crippen LogP contribution is -2.38. The second-order valence-corrected chi connectivity index (χ2v) is 4.00. The largest absolute Gasteiger partial charge is 0.481 e. The third-order valence-corrected chi connectivity index (χ3v) is 2.26. The zero-order valence-corrected chi connectivity index (χ0v) is 10.5. The predicted molar refractivity (Wildman–Crippen MR) is 65.1 cm³/mol. The predicted octanol–water partition coefficient (Wildman–Crippen LogP) is 0.000800. The van der Waals surface area contributed by atoms with Crippen LogP contribution in [-0.4, -0.2) is 32.8 Å². The Bertz CT molecular complexity index is 469. The van der Waals surface area contributed by atoms with Gasteiger partial charge in [-0.05, 0) is 6.42 Å². The van der Waals surface area contributed by atoms with Crippen molar-refractivity contribution in [3.63, 3.8) is 0 Å². The van der Waals surface area contributed by atoms with E-state index in [1.807, 2.05) is 0 Å². The molecule has 0 aliphatic carbocycles. The van der Waals surface area contributed by atoms with Gasteiger partial charge in [0.05, 0.1) is 6.20 Å². The SMILES string of the molecule is Cn1cc(CNC(=O)NC(=O)CCCC(=O)O)cn1. The quantitative estimate of drug-likeness (QED) is 0.672. The molecule has 0 atom stereocenters. The van der Waals surface area contributed by atoms with Crippen LogP contribution in [0.4, 0.5) is 4.79 Å². The average molecular weight is 268 g/mol. The molecule has 0 radical (unpaired) electrons. The van der Waals surface area contributed by atoms with Crippen LogP contribution in [0.15, 0.2) is 12.4 Å². The number of carboxylic acids is 1. The Morgan fingerprint density at radius 1 is 1.37 bits per heavy atom. The lowest BCUT2D eigenvalue weighted by Gasteiger charge is -2.05. The van der Waals surface area contributed by atoms with Crippen molar-refractivity contribution in [3.05, 3.63) is 18.0 Å². The smallest absolute Gasteiger partial charge is 0.321 e. The molecule has 0 saturated carbocycles. The van der Waals surface area contributed by atoms with Gasteiger partial charge in [-0.25, -0.2) is 4.79 Å². The molecule has 0 unspecified atom stereocenters. The van der Waals surface area contributed by atoms with E-state index in [4.69, 9.17) is 5.11 Å². The third kappa shape index (κ3) is 6.20. The Kier molecular flexibility index (Phi) is 5.52. The highest BCUT2D eigenvalue weighted by molar-refractivity contribution is 5.94. The molecule has 0 spiro atoms. The van der Waals surface area contributed by atoms with Crippen molar-refractivity contribution in [2.24, 2.45) is 7.05 Å². The van der Waals surface area contributed by atoms with Crippen molar-refractivity contribution < 1.29 is 19.5 Å². The Balaban J connectivity index is 2.19. The number of carboxylic acid groups (broad SMARTS) is 1. The van der Waals surface area contributed by atoms with Crippen LogP contribution in [0.3, 0.4) is 0 Å². The number of aliphatic carboxylic acids is 1. The molecule has 3 N–H and O–H groups in total. The lowest BCUT2D eigenvalue weighted by molar-refractivity contribution is -0.137. The molecule has 104 valence electrons. The van der Waals surface area contributed by atoms with Crippen LogP contribution >= 0.6 is 0 Å². The van der Waals surface area contributed by atoms with Gasteiger partial charge in [0.1, 0.15) is 0 Å². The molecule has 1 aromatic rings. The van der Waals surface area contributed by atoms with Crippen LogP contribution in [0.1, 0.15) is 24.8 Å². The number of carbonyl (C=O) groups excluding carboxylic acids is 2. The van der Waals surface area contributed by atoms with Crippen molar-refractivity contribution >= 4 is 17.9 Å². The van der Waals surface area contributed by atoms with Gasteiger partial charge in [-0.2, -0.15) is 5.10 Å². The van der Waals surface area contributed by atoms with Gasteiger partial charge in [-0.15, -0.1) is 0 Å². The normalized spacial score (nSPS) is 9.95. The first-order valence-electron chi connectivity index (χ1n) is 5.74. The maximum absolute atomic E-state index is 11.3. The summed E-state index contributed by atoms with van der Waals surface area (Å²) in [4.78, 5) is 32.9. The molecular formula is C11H16N4O4. The zero-order chi connectivity index (χ0) is 14.3. The van der Waals surface area contributed by atoms with Gasteiger partial charge in [-0.3, -0.25) is 19.6 Å². The minimum atomic E-state index is -0.964. The highest BCUT2D eigenvalue weighted by atomic mass is 16.4. The third-order valence-electron chi connectivity index (χ3n) is 2.26. The van der Waals surface area contributed by atoms with Gasteiger partial charge in [0.25, 0.3) is 0 Å². The van der Waals surface area contributed by atoms with Crippen molar-refractivity contribution in [1.29, 1.82) is 0 Å². The molecule has 0 aliphatic heterocycles. The van der Waals surface area contributed by atoms with Crippen LogP contribution in [0.5, 0.6) is 0 Å². The minimum absolute atomic E-state index is 0.00656. The molecule has 8 heteroatoms. The summed E-state index contributed by atoms with van der Waals surface area (Å²) in [5, 5.41) is 17.0. The highest BCUT2D eigenvalue weighted by Crippen LogP contribution is 1.96. The number of hydrogen-bond donors (Lipinski definition) is 3. The summed E-state index contributed by atoms with van der Waals surface area (Å²) in [5.74, 6) is -1.46. The molecule has 0 fully saturated rings. The number of nitrogens with zero attached hydrogens (tertiary/aromatic N) is 2. The summed E-state index contributed by atoms with van der Waals surface area (Å²) in [6.07, 6.45) is 3.47. The Morgan fingerprint density at radius 3 is 2.68 bits per heavy atom. The standard InChI is InChI=1S/C11H16N4O4/c1-15-7-8(6-13-15)5-12-11(19)14-9(16)3-2-4-10(17)18/h6-7H,2-5H2,1H3,(H,17,18)(H2,12,14,16,19). The van der Waals surface area contributed by atoms with Gasteiger partial charge in [-0.1, -0.05) is 0 Å². The molecule has 19 heavy (non-hydrogen) atoms. The van der Waals surface area contributed by atoms with Gasteiger partial charge in [0, 0.05) is 38.2 Å². The van der Waals surface area contributed by atoms with Crippen molar-refractivity contribution in [3.8, 4) is 0 Å². The fourth-order valence-electron chi connectivity index (χ4n) is 1.38. The fourth-order valence-corrected chi connectivity index (χ4v) is 1.38. The maximum atomic E-state index is 11.3. The Morgan fingerprint density at radius 2 is 2.11 bits per heavy atom.